The van der Waals surface area contributed by atoms with E-state index in [1.807, 2.05) is 32.0 Å². The number of nitrogens with two attached hydrogens (primary N) is 2. The Bertz CT molecular complexity index is 463. The van der Waals surface area contributed by atoms with E-state index in [4.69, 9.17) is 11.5 Å². The minimum atomic E-state index is -0.908. The quantitative estimate of drug-likeness (QED) is 0.756. The number of nitrogens with one attached hydrogen (secondary N) is 1. The van der Waals surface area contributed by atoms with Crippen LogP contribution in [0.5, 0.6) is 0 Å². The molecule has 0 bridgehead atoms. The minimum Gasteiger partial charge on any atom is -0.370 e. The van der Waals surface area contributed by atoms with Crippen LogP contribution < -0.4 is 16.8 Å². The van der Waals surface area contributed by atoms with Gasteiger partial charge in [-0.3, -0.25) is 9.59 Å². The fraction of sp³-hybridized carbons (Fsp3) is 0.385. The molecule has 1 aromatic rings. The Morgan fingerprint density at radius 2 is 2.00 bits per heavy atom. The van der Waals surface area contributed by atoms with E-state index in [2.05, 4.69) is 5.32 Å². The SMILES string of the molecule is CCc1cc(NC(=O)C(N)CC(N)=O)ccc1C.Cl. The highest BCUT2D eigenvalue weighted by Gasteiger charge is 2.16. The number of carbonyl (C=O) groups is 2. The minimum absolute atomic E-state index is 0. The van der Waals surface area contributed by atoms with Crippen molar-refractivity contribution in [3.8, 4) is 0 Å². The van der Waals surface area contributed by atoms with Crippen molar-refractivity contribution in [2.75, 3.05) is 5.32 Å². The predicted octanol–water partition coefficient (Wildman–Crippen LogP) is 1.12. The third kappa shape index (κ3) is 5.28. The van der Waals surface area contributed by atoms with E-state index in [0.717, 1.165) is 12.0 Å². The van der Waals surface area contributed by atoms with Crippen molar-refractivity contribution < 1.29 is 9.59 Å². The average Bonchev–Trinajstić information content (AvgIpc) is 2.30. The van der Waals surface area contributed by atoms with Gasteiger partial charge in [-0.2, -0.15) is 0 Å². The maximum absolute atomic E-state index is 11.7. The Morgan fingerprint density at radius 3 is 2.53 bits per heavy atom. The van der Waals surface area contributed by atoms with E-state index in [1.165, 1.54) is 5.56 Å². The number of rotatable bonds is 5. The predicted molar refractivity (Wildman–Crippen MR) is 78.2 cm³/mol. The summed E-state index contributed by atoms with van der Waals surface area (Å²) in [6, 6.07) is 4.75. The number of hydrogen-bond donors (Lipinski definition) is 3. The van der Waals surface area contributed by atoms with E-state index in [9.17, 15) is 9.59 Å². The van der Waals surface area contributed by atoms with Gasteiger partial charge in [0.25, 0.3) is 0 Å². The van der Waals surface area contributed by atoms with Crippen LogP contribution in [0.25, 0.3) is 0 Å². The van der Waals surface area contributed by atoms with Gasteiger partial charge in [-0.1, -0.05) is 13.0 Å². The van der Waals surface area contributed by atoms with E-state index in [0.29, 0.717) is 5.69 Å². The van der Waals surface area contributed by atoms with Crippen molar-refractivity contribution in [1.82, 2.24) is 0 Å². The number of halogens is 1. The van der Waals surface area contributed by atoms with Gasteiger partial charge in [0.2, 0.25) is 11.8 Å². The van der Waals surface area contributed by atoms with E-state index in [1.54, 1.807) is 0 Å². The lowest BCUT2D eigenvalue weighted by molar-refractivity contribution is -0.123. The summed E-state index contributed by atoms with van der Waals surface area (Å²) in [4.78, 5) is 22.4. The number of primary amides is 1. The molecule has 19 heavy (non-hydrogen) atoms. The van der Waals surface area contributed by atoms with Crippen molar-refractivity contribution in [2.24, 2.45) is 11.5 Å². The molecule has 0 saturated carbocycles. The number of amides is 2. The zero-order valence-electron chi connectivity index (χ0n) is 11.1. The summed E-state index contributed by atoms with van der Waals surface area (Å²) in [7, 11) is 0. The van der Waals surface area contributed by atoms with Crippen LogP contribution in [-0.2, 0) is 16.0 Å². The van der Waals surface area contributed by atoms with Crippen molar-refractivity contribution in [3.63, 3.8) is 0 Å². The van der Waals surface area contributed by atoms with Crippen LogP contribution >= 0.6 is 12.4 Å². The molecule has 106 valence electrons. The van der Waals surface area contributed by atoms with Crippen LogP contribution in [0.1, 0.15) is 24.5 Å². The van der Waals surface area contributed by atoms with Crippen LogP contribution in [0.3, 0.4) is 0 Å². The maximum Gasteiger partial charge on any atom is 0.241 e. The standard InChI is InChI=1S/C13H19N3O2.ClH/c1-3-9-6-10(5-4-8(9)2)16-13(18)11(14)7-12(15)17;/h4-6,11H,3,7,14H2,1-2H3,(H2,15,17)(H,16,18);1H. The second-order valence-corrected chi connectivity index (χ2v) is 4.26. The second kappa shape index (κ2) is 7.76. The lowest BCUT2D eigenvalue weighted by atomic mass is 10.1. The Morgan fingerprint density at radius 1 is 1.37 bits per heavy atom. The molecule has 5 nitrogen and oxygen atoms in total. The highest BCUT2D eigenvalue weighted by Crippen LogP contribution is 2.16. The molecular formula is C13H20ClN3O2. The van der Waals surface area contributed by atoms with Crippen molar-refractivity contribution >= 4 is 29.9 Å². The zero-order chi connectivity index (χ0) is 13.7. The van der Waals surface area contributed by atoms with Crippen LogP contribution in [0.15, 0.2) is 18.2 Å². The normalized spacial score (nSPS) is 11.3. The largest absolute Gasteiger partial charge is 0.370 e. The van der Waals surface area contributed by atoms with Gasteiger partial charge in [0, 0.05) is 5.69 Å². The number of hydrogen-bond acceptors (Lipinski definition) is 3. The Kier molecular flexibility index (Phi) is 7.11. The lowest BCUT2D eigenvalue weighted by Gasteiger charge is -2.12. The number of aryl methyl sites for hydroxylation is 2. The molecule has 5 N–H and O–H groups in total. The van der Waals surface area contributed by atoms with E-state index >= 15 is 0 Å². The second-order valence-electron chi connectivity index (χ2n) is 4.26. The first kappa shape index (κ1) is 17.4. The third-order valence-corrected chi connectivity index (χ3v) is 2.76. The van der Waals surface area contributed by atoms with Gasteiger partial charge >= 0.3 is 0 Å². The molecule has 0 aliphatic heterocycles. The monoisotopic (exact) mass is 285 g/mol. The molecule has 1 unspecified atom stereocenters. The molecule has 0 aliphatic carbocycles. The molecule has 0 aliphatic rings. The number of benzene rings is 1. The van der Waals surface area contributed by atoms with Gasteiger partial charge in [-0.25, -0.2) is 0 Å². The fourth-order valence-corrected chi connectivity index (χ4v) is 1.67. The number of anilines is 1. The Balaban J connectivity index is 0.00000324. The van der Waals surface area contributed by atoms with Crippen LogP contribution in [0.4, 0.5) is 5.69 Å². The highest BCUT2D eigenvalue weighted by molar-refractivity contribution is 5.97. The van der Waals surface area contributed by atoms with Gasteiger partial charge in [0.1, 0.15) is 0 Å². The first-order chi connectivity index (χ1) is 8.43. The zero-order valence-corrected chi connectivity index (χ0v) is 11.9. The topological polar surface area (TPSA) is 98.2 Å². The molecule has 0 fully saturated rings. The van der Waals surface area contributed by atoms with Crippen molar-refractivity contribution in [1.29, 1.82) is 0 Å². The summed E-state index contributed by atoms with van der Waals surface area (Å²) in [6.45, 7) is 4.07. The summed E-state index contributed by atoms with van der Waals surface area (Å²) < 4.78 is 0. The van der Waals surface area contributed by atoms with Gasteiger partial charge < -0.3 is 16.8 Å². The van der Waals surface area contributed by atoms with Crippen LogP contribution in [-0.4, -0.2) is 17.9 Å². The third-order valence-electron chi connectivity index (χ3n) is 2.76. The van der Waals surface area contributed by atoms with Crippen molar-refractivity contribution in [2.45, 2.75) is 32.7 Å². The molecule has 0 saturated heterocycles. The molecule has 0 radical (unpaired) electrons. The maximum atomic E-state index is 11.7. The summed E-state index contributed by atoms with van der Waals surface area (Å²) in [5.74, 6) is -0.990. The fourth-order valence-electron chi connectivity index (χ4n) is 1.67. The molecule has 0 aromatic heterocycles. The Hall–Kier alpha value is -1.59. The molecule has 1 rings (SSSR count). The summed E-state index contributed by atoms with van der Waals surface area (Å²) in [5.41, 5.74) is 13.6. The van der Waals surface area contributed by atoms with Gasteiger partial charge in [0.15, 0.2) is 0 Å². The lowest BCUT2D eigenvalue weighted by Crippen LogP contribution is -2.39. The van der Waals surface area contributed by atoms with E-state index in [-0.39, 0.29) is 18.8 Å². The summed E-state index contributed by atoms with van der Waals surface area (Å²) in [6.07, 6.45) is 0.737. The van der Waals surface area contributed by atoms with Crippen molar-refractivity contribution in [3.05, 3.63) is 29.3 Å². The molecule has 0 spiro atoms. The van der Waals surface area contributed by atoms with Crippen LogP contribution in [0, 0.1) is 6.92 Å². The summed E-state index contributed by atoms with van der Waals surface area (Å²) in [5, 5.41) is 2.68. The van der Waals surface area contributed by atoms with Gasteiger partial charge in [-0.05, 0) is 36.6 Å². The average molecular weight is 286 g/mol. The molecule has 1 atom stereocenters. The molecule has 1 aromatic carbocycles. The molecular weight excluding hydrogens is 266 g/mol. The van der Waals surface area contributed by atoms with Gasteiger partial charge in [0.05, 0.1) is 12.5 Å². The Labute approximate surface area is 119 Å². The van der Waals surface area contributed by atoms with Gasteiger partial charge in [-0.15, -0.1) is 12.4 Å². The smallest absolute Gasteiger partial charge is 0.241 e. The molecule has 0 heterocycles. The molecule has 6 heteroatoms. The first-order valence-corrected chi connectivity index (χ1v) is 5.88. The molecule has 2 amide bonds. The highest BCUT2D eigenvalue weighted by atomic mass is 35.5. The summed E-state index contributed by atoms with van der Waals surface area (Å²) >= 11 is 0. The van der Waals surface area contributed by atoms with Crippen LogP contribution in [0.2, 0.25) is 0 Å². The first-order valence-electron chi connectivity index (χ1n) is 5.88. The number of carbonyl (C=O) groups excluding carboxylic acids is 2. The van der Waals surface area contributed by atoms with E-state index < -0.39 is 17.9 Å².